The Balaban J connectivity index is 2.90. The molecule has 0 aliphatic rings. The van der Waals surface area contributed by atoms with Crippen molar-refractivity contribution in [3.63, 3.8) is 0 Å². The molecule has 0 aliphatic carbocycles. The Labute approximate surface area is 120 Å². The van der Waals surface area contributed by atoms with E-state index in [2.05, 4.69) is 53.3 Å². The molecule has 0 radical (unpaired) electrons. The van der Waals surface area contributed by atoms with E-state index in [1.54, 1.807) is 0 Å². The molecule has 1 heterocycles. The average Bonchev–Trinajstić information content (AvgIpc) is 2.42. The third kappa shape index (κ3) is 4.49. The summed E-state index contributed by atoms with van der Waals surface area (Å²) in [4.78, 5) is 12.6. The Bertz CT molecular complexity index is 384. The molecule has 0 unspecified atom stereocenters. The Morgan fingerprint density at radius 2 is 1.53 bits per heavy atom. The first-order valence-electron chi connectivity index (χ1n) is 7.02. The van der Waals surface area contributed by atoms with Gasteiger partial charge in [-0.2, -0.15) is 15.0 Å². The van der Waals surface area contributed by atoms with Gasteiger partial charge in [0, 0.05) is 12.1 Å². The second-order valence-corrected chi connectivity index (χ2v) is 4.98. The predicted molar refractivity (Wildman–Crippen MR) is 80.8 cm³/mol. The van der Waals surface area contributed by atoms with Crippen LogP contribution in [-0.4, -0.2) is 27.0 Å². The van der Waals surface area contributed by atoms with E-state index in [0.717, 1.165) is 32.2 Å². The lowest BCUT2D eigenvalue weighted by molar-refractivity contribution is 0.417. The molecule has 6 heteroatoms. The van der Waals surface area contributed by atoms with Crippen molar-refractivity contribution in [2.75, 3.05) is 17.2 Å². The average molecular weight is 286 g/mol. The minimum Gasteiger partial charge on any atom is -0.354 e. The van der Waals surface area contributed by atoms with Crippen molar-refractivity contribution in [3.8, 4) is 0 Å². The van der Waals surface area contributed by atoms with E-state index < -0.39 is 0 Å². The molecule has 0 amide bonds. The highest BCUT2D eigenvalue weighted by Crippen LogP contribution is 2.24. The van der Waals surface area contributed by atoms with Crippen LogP contribution in [0.15, 0.2) is 0 Å². The molecular weight excluding hydrogens is 262 g/mol. The van der Waals surface area contributed by atoms with E-state index in [1.165, 1.54) is 0 Å². The van der Waals surface area contributed by atoms with Crippen molar-refractivity contribution in [3.05, 3.63) is 5.28 Å². The van der Waals surface area contributed by atoms with E-state index in [4.69, 9.17) is 11.6 Å². The smallest absolute Gasteiger partial charge is 0.229 e. The zero-order chi connectivity index (χ0) is 14.3. The SMILES string of the molecule is CCCNc1nc(Cl)nc(NC(CC)(CC)CC)n1. The van der Waals surface area contributed by atoms with Gasteiger partial charge in [-0.3, -0.25) is 0 Å². The van der Waals surface area contributed by atoms with Crippen LogP contribution in [0.2, 0.25) is 5.28 Å². The summed E-state index contributed by atoms with van der Waals surface area (Å²) >= 11 is 5.95. The fourth-order valence-corrected chi connectivity index (χ4v) is 2.13. The van der Waals surface area contributed by atoms with Crippen LogP contribution in [0.4, 0.5) is 11.9 Å². The van der Waals surface area contributed by atoms with Gasteiger partial charge in [0.1, 0.15) is 0 Å². The quantitative estimate of drug-likeness (QED) is 0.762. The first kappa shape index (κ1) is 16.0. The molecule has 1 aromatic rings. The molecule has 0 bridgehead atoms. The number of anilines is 2. The first-order chi connectivity index (χ1) is 9.09. The normalized spacial score (nSPS) is 11.4. The minimum absolute atomic E-state index is 0.0205. The predicted octanol–water partition coefficient (Wildman–Crippen LogP) is 3.73. The lowest BCUT2D eigenvalue weighted by atomic mass is 9.90. The number of halogens is 1. The van der Waals surface area contributed by atoms with Crippen molar-refractivity contribution < 1.29 is 0 Å². The van der Waals surface area contributed by atoms with Crippen LogP contribution in [0.1, 0.15) is 53.4 Å². The summed E-state index contributed by atoms with van der Waals surface area (Å²) in [6, 6.07) is 0. The van der Waals surface area contributed by atoms with Crippen LogP contribution in [-0.2, 0) is 0 Å². The molecular formula is C13H24ClN5. The molecule has 108 valence electrons. The second kappa shape index (κ2) is 7.48. The molecule has 0 aromatic carbocycles. The summed E-state index contributed by atoms with van der Waals surface area (Å²) in [5, 5.41) is 6.76. The summed E-state index contributed by atoms with van der Waals surface area (Å²) < 4.78 is 0. The van der Waals surface area contributed by atoms with E-state index in [1.807, 2.05) is 0 Å². The van der Waals surface area contributed by atoms with E-state index in [9.17, 15) is 0 Å². The molecule has 5 nitrogen and oxygen atoms in total. The van der Waals surface area contributed by atoms with Gasteiger partial charge in [0.05, 0.1) is 0 Å². The van der Waals surface area contributed by atoms with Crippen molar-refractivity contribution in [1.29, 1.82) is 0 Å². The maximum Gasteiger partial charge on any atom is 0.229 e. The standard InChI is InChI=1S/C13H24ClN5/c1-5-9-15-11-16-10(14)17-12(18-11)19-13(6-2,7-3)8-4/h5-9H2,1-4H3,(H2,15,16,17,18,19). The molecule has 2 N–H and O–H groups in total. The van der Waals surface area contributed by atoms with Crippen LogP contribution in [0.25, 0.3) is 0 Å². The number of hydrogen-bond donors (Lipinski definition) is 2. The summed E-state index contributed by atoms with van der Waals surface area (Å²) in [5.41, 5.74) is 0.0205. The minimum atomic E-state index is 0.0205. The Kier molecular flexibility index (Phi) is 6.28. The molecule has 0 fully saturated rings. The number of nitrogens with zero attached hydrogens (tertiary/aromatic N) is 3. The monoisotopic (exact) mass is 285 g/mol. The van der Waals surface area contributed by atoms with Gasteiger partial charge in [-0.05, 0) is 37.3 Å². The molecule has 1 rings (SSSR count). The zero-order valence-corrected chi connectivity index (χ0v) is 13.0. The summed E-state index contributed by atoms with van der Waals surface area (Å²) in [5.74, 6) is 1.07. The fourth-order valence-electron chi connectivity index (χ4n) is 1.97. The van der Waals surface area contributed by atoms with Crippen molar-refractivity contribution in [1.82, 2.24) is 15.0 Å². The first-order valence-corrected chi connectivity index (χ1v) is 7.40. The molecule has 0 saturated heterocycles. The third-order valence-electron chi connectivity index (χ3n) is 3.55. The van der Waals surface area contributed by atoms with Gasteiger partial charge in [0.2, 0.25) is 17.2 Å². The van der Waals surface area contributed by atoms with E-state index >= 15 is 0 Å². The number of hydrogen-bond acceptors (Lipinski definition) is 5. The van der Waals surface area contributed by atoms with Gasteiger partial charge in [-0.15, -0.1) is 0 Å². The molecule has 19 heavy (non-hydrogen) atoms. The van der Waals surface area contributed by atoms with Gasteiger partial charge < -0.3 is 10.6 Å². The van der Waals surface area contributed by atoms with Crippen LogP contribution in [0.3, 0.4) is 0 Å². The molecule has 0 spiro atoms. The molecule has 1 aromatic heterocycles. The van der Waals surface area contributed by atoms with E-state index in [0.29, 0.717) is 11.9 Å². The van der Waals surface area contributed by atoms with Gasteiger partial charge >= 0.3 is 0 Å². The Hall–Kier alpha value is -1.10. The third-order valence-corrected chi connectivity index (χ3v) is 3.72. The maximum absolute atomic E-state index is 5.95. The van der Waals surface area contributed by atoms with Crippen molar-refractivity contribution in [2.24, 2.45) is 0 Å². The van der Waals surface area contributed by atoms with Crippen molar-refractivity contribution >= 4 is 23.5 Å². The highest BCUT2D eigenvalue weighted by Gasteiger charge is 2.24. The maximum atomic E-state index is 5.95. The topological polar surface area (TPSA) is 62.7 Å². The number of nitrogens with one attached hydrogen (secondary N) is 2. The highest BCUT2D eigenvalue weighted by atomic mass is 35.5. The number of rotatable bonds is 8. The van der Waals surface area contributed by atoms with E-state index in [-0.39, 0.29) is 10.8 Å². The lowest BCUT2D eigenvalue weighted by Gasteiger charge is -2.31. The number of aromatic nitrogens is 3. The van der Waals surface area contributed by atoms with Gasteiger partial charge in [0.25, 0.3) is 0 Å². The zero-order valence-electron chi connectivity index (χ0n) is 12.3. The molecule has 0 aliphatic heterocycles. The van der Waals surface area contributed by atoms with Gasteiger partial charge in [-0.25, -0.2) is 0 Å². The van der Waals surface area contributed by atoms with Crippen LogP contribution in [0, 0.1) is 0 Å². The van der Waals surface area contributed by atoms with Crippen molar-refractivity contribution in [2.45, 2.75) is 58.9 Å². The fraction of sp³-hybridized carbons (Fsp3) is 0.769. The summed E-state index contributed by atoms with van der Waals surface area (Å²) in [6.45, 7) is 9.41. The largest absolute Gasteiger partial charge is 0.354 e. The van der Waals surface area contributed by atoms with Crippen LogP contribution in [0.5, 0.6) is 0 Å². The highest BCUT2D eigenvalue weighted by molar-refractivity contribution is 6.28. The van der Waals surface area contributed by atoms with Gasteiger partial charge in [-0.1, -0.05) is 27.7 Å². The Morgan fingerprint density at radius 1 is 0.947 bits per heavy atom. The summed E-state index contributed by atoms with van der Waals surface area (Å²) in [6.07, 6.45) is 4.05. The molecule has 0 saturated carbocycles. The van der Waals surface area contributed by atoms with Crippen LogP contribution >= 0.6 is 11.6 Å². The van der Waals surface area contributed by atoms with Crippen LogP contribution < -0.4 is 10.6 Å². The molecule has 0 atom stereocenters. The summed E-state index contributed by atoms with van der Waals surface area (Å²) in [7, 11) is 0. The lowest BCUT2D eigenvalue weighted by Crippen LogP contribution is -2.37. The second-order valence-electron chi connectivity index (χ2n) is 4.64. The Morgan fingerprint density at radius 3 is 2.05 bits per heavy atom. The van der Waals surface area contributed by atoms with Gasteiger partial charge in [0.15, 0.2) is 0 Å².